The molecule has 0 aliphatic carbocycles. The van der Waals surface area contributed by atoms with Crippen LogP contribution in [0.1, 0.15) is 41.6 Å². The minimum atomic E-state index is -4.57. The Kier molecular flexibility index (Phi) is 8.58. The zero-order valence-electron chi connectivity index (χ0n) is 26.8. The Labute approximate surface area is 278 Å². The Morgan fingerprint density at radius 2 is 1.92 bits per heavy atom. The Balaban J connectivity index is 1.08. The van der Waals surface area contributed by atoms with Crippen LogP contribution in [0.2, 0.25) is 0 Å². The topological polar surface area (TPSA) is 149 Å². The van der Waals surface area contributed by atoms with Crippen molar-refractivity contribution in [1.29, 1.82) is 0 Å². The molecule has 3 N–H and O–H groups in total. The van der Waals surface area contributed by atoms with E-state index in [1.807, 2.05) is 24.9 Å². The predicted molar refractivity (Wildman–Crippen MR) is 173 cm³/mol. The van der Waals surface area contributed by atoms with E-state index in [4.69, 9.17) is 4.74 Å². The summed E-state index contributed by atoms with van der Waals surface area (Å²) in [5.41, 5.74) is 2.09. The van der Waals surface area contributed by atoms with Crippen molar-refractivity contribution in [3.05, 3.63) is 81.7 Å². The molecule has 2 amide bonds. The van der Waals surface area contributed by atoms with Gasteiger partial charge in [-0.1, -0.05) is 18.1 Å². The van der Waals surface area contributed by atoms with Gasteiger partial charge in [0.1, 0.15) is 17.1 Å². The highest BCUT2D eigenvalue weighted by Gasteiger charge is 2.35. The number of H-pyrrole nitrogens is 2. The number of alkyl halides is 3. The van der Waals surface area contributed by atoms with E-state index in [1.54, 1.807) is 29.4 Å². The summed E-state index contributed by atoms with van der Waals surface area (Å²) in [6.07, 6.45) is -0.684. The first-order valence-electron chi connectivity index (χ1n) is 15.9. The molecule has 1 saturated heterocycles. The number of pyridine rings is 2. The first-order chi connectivity index (χ1) is 23.5. The average molecular weight is 678 g/mol. The summed E-state index contributed by atoms with van der Waals surface area (Å²) < 4.78 is 53.3. The molecule has 7 rings (SSSR count). The molecule has 0 spiro atoms. The molecule has 49 heavy (non-hydrogen) atoms. The third-order valence-corrected chi connectivity index (χ3v) is 9.02. The number of nitrogens with one attached hydrogen (secondary N) is 3. The van der Waals surface area contributed by atoms with Gasteiger partial charge < -0.3 is 24.8 Å². The standard InChI is InChI=1S/C33H34F3N9O4/c1-3-19-17-45(31(46)39-22-5-4-20(25(13-22)33(34,35)36)16-44-10-8-43(2)9-11-44)18-21-12-23(15-38-28(19)21)48-27-6-7-37-29-24(27)14-26(40-29)30-41-32(47)49-42-30/h4-7,12-15,19H,3,8-11,16-18H2,1-2H3,(H,37,40)(H,39,46)(H,41,42,47)/t19-/m0/s1. The van der Waals surface area contributed by atoms with Crippen LogP contribution in [0.4, 0.5) is 23.7 Å². The third kappa shape index (κ3) is 6.87. The van der Waals surface area contributed by atoms with Gasteiger partial charge in [-0.15, -0.1) is 0 Å². The van der Waals surface area contributed by atoms with Crippen LogP contribution in [0.3, 0.4) is 0 Å². The largest absolute Gasteiger partial charge is 0.455 e. The van der Waals surface area contributed by atoms with Crippen molar-refractivity contribution < 1.29 is 27.2 Å². The van der Waals surface area contributed by atoms with Gasteiger partial charge in [-0.2, -0.15) is 13.2 Å². The molecule has 0 bridgehead atoms. The number of benzene rings is 1. The molecule has 0 unspecified atom stereocenters. The van der Waals surface area contributed by atoms with Gasteiger partial charge in [-0.05, 0) is 54.9 Å². The highest BCUT2D eigenvalue weighted by atomic mass is 19.4. The van der Waals surface area contributed by atoms with Crippen LogP contribution >= 0.6 is 0 Å². The number of urea groups is 1. The smallest absolute Gasteiger partial charge is 0.439 e. The number of hydrogen-bond donors (Lipinski definition) is 3. The summed E-state index contributed by atoms with van der Waals surface area (Å²) in [4.78, 5) is 45.2. The molecule has 0 radical (unpaired) electrons. The van der Waals surface area contributed by atoms with E-state index in [1.165, 1.54) is 12.1 Å². The third-order valence-electron chi connectivity index (χ3n) is 9.02. The van der Waals surface area contributed by atoms with Gasteiger partial charge in [0.25, 0.3) is 0 Å². The number of nitrogens with zero attached hydrogens (tertiary/aromatic N) is 6. The highest BCUT2D eigenvalue weighted by Crippen LogP contribution is 2.37. The van der Waals surface area contributed by atoms with Crippen LogP contribution in [0, 0.1) is 0 Å². The summed E-state index contributed by atoms with van der Waals surface area (Å²) in [5, 5.41) is 7.03. The van der Waals surface area contributed by atoms with E-state index in [-0.39, 0.29) is 36.1 Å². The van der Waals surface area contributed by atoms with Crippen molar-refractivity contribution in [2.75, 3.05) is 45.1 Å². The van der Waals surface area contributed by atoms with Gasteiger partial charge in [-0.3, -0.25) is 19.4 Å². The first-order valence-corrected chi connectivity index (χ1v) is 15.9. The molecule has 2 aliphatic rings. The number of carbonyl (C=O) groups is 1. The molecule has 13 nitrogen and oxygen atoms in total. The summed E-state index contributed by atoms with van der Waals surface area (Å²) in [5.74, 6) is 0.335. The number of halogens is 3. The van der Waals surface area contributed by atoms with Crippen molar-refractivity contribution >= 4 is 22.8 Å². The first kappa shape index (κ1) is 32.3. The van der Waals surface area contributed by atoms with Gasteiger partial charge in [0.15, 0.2) is 5.82 Å². The molecular weight excluding hydrogens is 643 g/mol. The molecule has 5 aromatic rings. The van der Waals surface area contributed by atoms with Gasteiger partial charge >= 0.3 is 18.0 Å². The number of hydrogen-bond acceptors (Lipinski definition) is 9. The lowest BCUT2D eigenvalue weighted by atomic mass is 9.92. The van der Waals surface area contributed by atoms with E-state index in [2.05, 4.69) is 39.8 Å². The lowest BCUT2D eigenvalue weighted by Gasteiger charge is -2.34. The second kappa shape index (κ2) is 13.0. The van der Waals surface area contributed by atoms with Crippen LogP contribution < -0.4 is 15.8 Å². The fourth-order valence-corrected chi connectivity index (χ4v) is 6.35. The number of aromatic nitrogens is 5. The minimum absolute atomic E-state index is 0.0790. The Bertz CT molecular complexity index is 2050. The Hall–Kier alpha value is -5.22. The summed E-state index contributed by atoms with van der Waals surface area (Å²) in [6.45, 7) is 5.71. The summed E-state index contributed by atoms with van der Waals surface area (Å²) >= 11 is 0. The predicted octanol–water partition coefficient (Wildman–Crippen LogP) is 5.40. The zero-order chi connectivity index (χ0) is 34.3. The molecule has 1 aromatic carbocycles. The Morgan fingerprint density at radius 3 is 2.65 bits per heavy atom. The van der Waals surface area contributed by atoms with Gasteiger partial charge in [0.2, 0.25) is 0 Å². The maximum atomic E-state index is 14.2. The van der Waals surface area contributed by atoms with Crippen LogP contribution in [0.25, 0.3) is 22.6 Å². The SMILES string of the molecule is CC[C@H]1CN(C(=O)Nc2ccc(CN3CCN(C)CC3)c(C(F)(F)F)c2)Cc2cc(Oc3ccnc4[nH]c(-c5noc(=O)[nH]5)cc34)cnc21. The number of amides is 2. The lowest BCUT2D eigenvalue weighted by Crippen LogP contribution is -2.44. The van der Waals surface area contributed by atoms with Crippen molar-refractivity contribution in [2.45, 2.75) is 38.5 Å². The van der Waals surface area contributed by atoms with Crippen LogP contribution in [0.15, 0.2) is 58.1 Å². The second-order valence-corrected chi connectivity index (χ2v) is 12.4. The lowest BCUT2D eigenvalue weighted by molar-refractivity contribution is -0.138. The van der Waals surface area contributed by atoms with Crippen molar-refractivity contribution in [2.24, 2.45) is 0 Å². The van der Waals surface area contributed by atoms with Crippen LogP contribution in [0.5, 0.6) is 11.5 Å². The molecule has 0 saturated carbocycles. The molecule has 4 aromatic heterocycles. The monoisotopic (exact) mass is 677 g/mol. The normalized spacial score (nSPS) is 17.3. The van der Waals surface area contributed by atoms with E-state index < -0.39 is 23.5 Å². The number of fused-ring (bicyclic) bond motifs is 2. The molecule has 6 heterocycles. The number of carbonyl (C=O) groups excluding carboxylic acids is 1. The number of aromatic amines is 2. The second-order valence-electron chi connectivity index (χ2n) is 12.4. The fourth-order valence-electron chi connectivity index (χ4n) is 6.35. The highest BCUT2D eigenvalue weighted by molar-refractivity contribution is 5.90. The maximum absolute atomic E-state index is 14.2. The van der Waals surface area contributed by atoms with E-state index >= 15 is 0 Å². The van der Waals surface area contributed by atoms with Gasteiger partial charge in [0.05, 0.1) is 28.5 Å². The van der Waals surface area contributed by atoms with Gasteiger partial charge in [0, 0.05) is 63.6 Å². The number of anilines is 1. The van der Waals surface area contributed by atoms with Crippen molar-refractivity contribution in [3.8, 4) is 23.0 Å². The van der Waals surface area contributed by atoms with E-state index in [0.717, 1.165) is 30.4 Å². The fraction of sp³-hybridized carbons (Fsp3) is 0.364. The summed E-state index contributed by atoms with van der Waals surface area (Å²) in [6, 6.07) is 8.73. The quantitative estimate of drug-likeness (QED) is 0.206. The maximum Gasteiger partial charge on any atom is 0.439 e. The number of likely N-dealkylation sites (N-methyl/N-ethyl adjacent to an activating group) is 1. The minimum Gasteiger partial charge on any atom is -0.455 e. The van der Waals surface area contributed by atoms with E-state index in [9.17, 15) is 22.8 Å². The Morgan fingerprint density at radius 1 is 1.10 bits per heavy atom. The average Bonchev–Trinajstić information content (AvgIpc) is 3.72. The van der Waals surface area contributed by atoms with Crippen molar-refractivity contribution in [3.63, 3.8) is 0 Å². The van der Waals surface area contributed by atoms with Crippen LogP contribution in [-0.4, -0.2) is 85.6 Å². The van der Waals surface area contributed by atoms with Crippen LogP contribution in [-0.2, 0) is 19.3 Å². The number of rotatable bonds is 7. The molecule has 1 atom stereocenters. The molecule has 16 heteroatoms. The summed E-state index contributed by atoms with van der Waals surface area (Å²) in [7, 11) is 2.00. The van der Waals surface area contributed by atoms with E-state index in [0.29, 0.717) is 54.3 Å². The molecule has 2 aliphatic heterocycles. The zero-order valence-corrected chi connectivity index (χ0v) is 26.8. The van der Waals surface area contributed by atoms with Crippen molar-refractivity contribution in [1.82, 2.24) is 39.8 Å². The number of ether oxygens (including phenoxy) is 1. The molecule has 1 fully saturated rings. The molecular formula is C33H34F3N9O4. The molecule has 256 valence electrons. The number of piperazine rings is 1. The van der Waals surface area contributed by atoms with Gasteiger partial charge in [-0.25, -0.2) is 14.6 Å².